The Morgan fingerprint density at radius 3 is 2.54 bits per heavy atom. The number of hydrogen-bond acceptors (Lipinski definition) is 3. The van der Waals surface area contributed by atoms with E-state index >= 15 is 0 Å². The topological polar surface area (TPSA) is 46.5 Å². The van der Waals surface area contributed by atoms with Gasteiger partial charge in [0, 0.05) is 0 Å². The summed E-state index contributed by atoms with van der Waals surface area (Å²) >= 11 is 0. The van der Waals surface area contributed by atoms with E-state index in [0.717, 1.165) is 11.1 Å². The minimum absolute atomic E-state index is 0.0828. The second-order valence-corrected chi connectivity index (χ2v) is 2.90. The van der Waals surface area contributed by atoms with Gasteiger partial charge in [-0.2, -0.15) is 0 Å². The van der Waals surface area contributed by atoms with Crippen LogP contribution in [0.4, 0.5) is 0 Å². The van der Waals surface area contributed by atoms with E-state index in [-0.39, 0.29) is 5.75 Å². The molecule has 0 aromatic heterocycles. The number of aldehydes is 1. The van der Waals surface area contributed by atoms with Gasteiger partial charge < -0.3 is 9.84 Å². The fourth-order valence-electron chi connectivity index (χ4n) is 1.20. The van der Waals surface area contributed by atoms with Crippen LogP contribution in [0, 0.1) is 13.8 Å². The van der Waals surface area contributed by atoms with Crippen LogP contribution in [0.25, 0.3) is 0 Å². The second kappa shape index (κ2) is 3.47. The van der Waals surface area contributed by atoms with Crippen LogP contribution >= 0.6 is 0 Å². The molecule has 0 spiro atoms. The van der Waals surface area contributed by atoms with Crippen LogP contribution < -0.4 is 4.74 Å². The quantitative estimate of drug-likeness (QED) is 0.706. The highest BCUT2D eigenvalue weighted by atomic mass is 16.5. The van der Waals surface area contributed by atoms with Crippen molar-refractivity contribution in [3.05, 3.63) is 22.8 Å². The lowest BCUT2D eigenvalue weighted by molar-refractivity contribution is 0.111. The number of carbonyl (C=O) groups is 1. The van der Waals surface area contributed by atoms with Gasteiger partial charge in [-0.3, -0.25) is 4.79 Å². The van der Waals surface area contributed by atoms with E-state index in [2.05, 4.69) is 0 Å². The summed E-state index contributed by atoms with van der Waals surface area (Å²) in [5, 5.41) is 9.54. The normalized spacial score (nSPS) is 9.77. The summed E-state index contributed by atoms with van der Waals surface area (Å²) in [5.41, 5.74) is 2.02. The number of hydrogen-bond donors (Lipinski definition) is 1. The Morgan fingerprint density at radius 1 is 1.46 bits per heavy atom. The maximum absolute atomic E-state index is 10.7. The van der Waals surface area contributed by atoms with Gasteiger partial charge in [0.25, 0.3) is 0 Å². The van der Waals surface area contributed by atoms with E-state index in [4.69, 9.17) is 4.74 Å². The number of aromatic hydroxyl groups is 1. The van der Waals surface area contributed by atoms with Gasteiger partial charge in [0.1, 0.15) is 0 Å². The number of ether oxygens (including phenoxy) is 1. The van der Waals surface area contributed by atoms with E-state index < -0.39 is 0 Å². The SMILES string of the molecule is COc1cc(C)c(C)c(C=O)c1O. The van der Waals surface area contributed by atoms with Crippen LogP contribution in [0.5, 0.6) is 11.5 Å². The van der Waals surface area contributed by atoms with Crippen molar-refractivity contribution in [3.63, 3.8) is 0 Å². The van der Waals surface area contributed by atoms with Crippen LogP contribution in [0.3, 0.4) is 0 Å². The van der Waals surface area contributed by atoms with Crippen LogP contribution in [-0.4, -0.2) is 18.5 Å². The van der Waals surface area contributed by atoms with Gasteiger partial charge in [-0.1, -0.05) is 0 Å². The van der Waals surface area contributed by atoms with Gasteiger partial charge in [0.2, 0.25) is 0 Å². The lowest BCUT2D eigenvalue weighted by atomic mass is 10.0. The van der Waals surface area contributed by atoms with Crippen molar-refractivity contribution in [1.29, 1.82) is 0 Å². The summed E-state index contributed by atoms with van der Waals surface area (Å²) in [6.07, 6.45) is 0.639. The van der Waals surface area contributed by atoms with Crippen molar-refractivity contribution < 1.29 is 14.6 Å². The zero-order valence-corrected chi connectivity index (χ0v) is 7.92. The lowest BCUT2D eigenvalue weighted by Crippen LogP contribution is -1.94. The molecule has 70 valence electrons. The molecule has 1 rings (SSSR count). The zero-order valence-electron chi connectivity index (χ0n) is 7.92. The highest BCUT2D eigenvalue weighted by molar-refractivity contribution is 5.84. The van der Waals surface area contributed by atoms with E-state index in [1.165, 1.54) is 7.11 Å². The maximum atomic E-state index is 10.7. The Morgan fingerprint density at radius 2 is 2.08 bits per heavy atom. The maximum Gasteiger partial charge on any atom is 0.168 e. The van der Waals surface area contributed by atoms with Gasteiger partial charge in [0.05, 0.1) is 12.7 Å². The molecule has 0 atom stereocenters. The Kier molecular flexibility index (Phi) is 2.56. The van der Waals surface area contributed by atoms with Gasteiger partial charge >= 0.3 is 0 Å². The fourth-order valence-corrected chi connectivity index (χ4v) is 1.20. The summed E-state index contributed by atoms with van der Waals surface area (Å²) in [5.74, 6) is 0.255. The molecule has 0 aliphatic heterocycles. The van der Waals surface area contributed by atoms with Crippen LogP contribution in [0.15, 0.2) is 6.07 Å². The standard InChI is InChI=1S/C10H12O3/c1-6-4-9(13-3)10(12)8(5-11)7(6)2/h4-5,12H,1-3H3. The van der Waals surface area contributed by atoms with Gasteiger partial charge in [-0.15, -0.1) is 0 Å². The number of rotatable bonds is 2. The molecule has 0 aliphatic rings. The van der Waals surface area contributed by atoms with Gasteiger partial charge in [-0.25, -0.2) is 0 Å². The number of carbonyl (C=O) groups excluding carboxylic acids is 1. The van der Waals surface area contributed by atoms with Crippen LogP contribution in [0.1, 0.15) is 21.5 Å². The smallest absolute Gasteiger partial charge is 0.168 e. The average Bonchev–Trinajstić information content (AvgIpc) is 2.12. The largest absolute Gasteiger partial charge is 0.504 e. The van der Waals surface area contributed by atoms with E-state index in [0.29, 0.717) is 17.6 Å². The highest BCUT2D eigenvalue weighted by Crippen LogP contribution is 2.32. The predicted octanol–water partition coefficient (Wildman–Crippen LogP) is 1.83. The van der Waals surface area contributed by atoms with Crippen molar-refractivity contribution in [2.45, 2.75) is 13.8 Å². The van der Waals surface area contributed by atoms with Crippen molar-refractivity contribution >= 4 is 6.29 Å². The lowest BCUT2D eigenvalue weighted by Gasteiger charge is -2.10. The molecule has 3 nitrogen and oxygen atoms in total. The Hall–Kier alpha value is -1.51. The van der Waals surface area contributed by atoms with Crippen molar-refractivity contribution in [1.82, 2.24) is 0 Å². The third-order valence-electron chi connectivity index (χ3n) is 2.17. The number of phenolic OH excluding ortho intramolecular Hbond substituents is 1. The summed E-state index contributed by atoms with van der Waals surface area (Å²) in [7, 11) is 1.46. The molecule has 0 fully saturated rings. The first-order chi connectivity index (χ1) is 6.11. The molecule has 1 N–H and O–H groups in total. The summed E-state index contributed by atoms with van der Waals surface area (Å²) < 4.78 is 4.91. The second-order valence-electron chi connectivity index (χ2n) is 2.90. The molecular formula is C10H12O3. The molecule has 0 unspecified atom stereocenters. The molecular weight excluding hydrogens is 168 g/mol. The molecule has 0 radical (unpaired) electrons. The minimum Gasteiger partial charge on any atom is -0.504 e. The van der Waals surface area contributed by atoms with Crippen LogP contribution in [-0.2, 0) is 0 Å². The Labute approximate surface area is 77.0 Å². The monoisotopic (exact) mass is 180 g/mol. The third-order valence-corrected chi connectivity index (χ3v) is 2.17. The summed E-state index contributed by atoms with van der Waals surface area (Å²) in [6, 6.07) is 1.71. The van der Waals surface area contributed by atoms with E-state index in [1.807, 2.05) is 6.92 Å². The fraction of sp³-hybridized carbons (Fsp3) is 0.300. The van der Waals surface area contributed by atoms with Crippen molar-refractivity contribution in [3.8, 4) is 11.5 Å². The first-order valence-electron chi connectivity index (χ1n) is 3.94. The Balaban J connectivity index is 3.47. The van der Waals surface area contributed by atoms with E-state index in [9.17, 15) is 9.90 Å². The number of phenols is 1. The molecule has 0 heterocycles. The van der Waals surface area contributed by atoms with E-state index in [1.54, 1.807) is 13.0 Å². The van der Waals surface area contributed by atoms with Gasteiger partial charge in [-0.05, 0) is 31.0 Å². The highest BCUT2D eigenvalue weighted by Gasteiger charge is 2.12. The van der Waals surface area contributed by atoms with Crippen LogP contribution in [0.2, 0.25) is 0 Å². The third kappa shape index (κ3) is 1.49. The Bertz CT molecular complexity index is 343. The molecule has 0 saturated carbocycles. The molecule has 0 saturated heterocycles. The molecule has 0 amide bonds. The number of methoxy groups -OCH3 is 1. The molecule has 1 aromatic carbocycles. The molecule has 0 bridgehead atoms. The molecule has 13 heavy (non-hydrogen) atoms. The average molecular weight is 180 g/mol. The summed E-state index contributed by atoms with van der Waals surface area (Å²) in [6.45, 7) is 3.66. The van der Waals surface area contributed by atoms with Crippen molar-refractivity contribution in [2.75, 3.05) is 7.11 Å². The number of aryl methyl sites for hydroxylation is 1. The zero-order chi connectivity index (χ0) is 10.0. The minimum atomic E-state index is -0.0828. The first kappa shape index (κ1) is 9.58. The molecule has 0 aliphatic carbocycles. The molecule has 3 heteroatoms. The molecule has 1 aromatic rings. The summed E-state index contributed by atoms with van der Waals surface area (Å²) in [4.78, 5) is 10.7. The number of benzene rings is 1. The van der Waals surface area contributed by atoms with Gasteiger partial charge in [0.15, 0.2) is 17.8 Å². The van der Waals surface area contributed by atoms with Crippen molar-refractivity contribution in [2.24, 2.45) is 0 Å². The predicted molar refractivity (Wildman–Crippen MR) is 49.5 cm³/mol. The first-order valence-corrected chi connectivity index (χ1v) is 3.94.